The monoisotopic (exact) mass is 183 g/mol. The summed E-state index contributed by atoms with van der Waals surface area (Å²) in [6, 6.07) is 0.0764. The summed E-state index contributed by atoms with van der Waals surface area (Å²) in [5.74, 6) is 0. The third-order valence-corrected chi connectivity index (χ3v) is 1.90. The molecule has 0 aliphatic heterocycles. The van der Waals surface area contributed by atoms with Crippen LogP contribution in [-0.2, 0) is 0 Å². The van der Waals surface area contributed by atoms with Gasteiger partial charge in [0.2, 0.25) is 0 Å². The fourth-order valence-corrected chi connectivity index (χ4v) is 0.929. The normalized spacial score (nSPS) is 15.9. The Labute approximate surface area is 72.9 Å². The van der Waals surface area contributed by atoms with Crippen LogP contribution in [0.1, 0.15) is 27.2 Å². The second-order valence-electron chi connectivity index (χ2n) is 3.60. The van der Waals surface area contributed by atoms with E-state index in [-0.39, 0.29) is 16.3 Å². The van der Waals surface area contributed by atoms with Crippen LogP contribution in [0, 0.1) is 5.41 Å². The molecule has 1 nitrogen and oxygen atoms in total. The Kier molecular flexibility index (Phi) is 4.00. The Morgan fingerprint density at radius 1 is 1.30 bits per heavy atom. The van der Waals surface area contributed by atoms with Crippen molar-refractivity contribution in [3.63, 3.8) is 0 Å². The van der Waals surface area contributed by atoms with Crippen molar-refractivity contribution in [2.75, 3.05) is 0 Å². The summed E-state index contributed by atoms with van der Waals surface area (Å²) in [6.07, 6.45) is 0.659. The van der Waals surface area contributed by atoms with Crippen LogP contribution in [0.15, 0.2) is 0 Å². The van der Waals surface area contributed by atoms with Gasteiger partial charge in [-0.05, 0) is 11.8 Å². The summed E-state index contributed by atoms with van der Waals surface area (Å²) < 4.78 is 0. The third kappa shape index (κ3) is 4.37. The van der Waals surface area contributed by atoms with E-state index >= 15 is 0 Å². The summed E-state index contributed by atoms with van der Waals surface area (Å²) in [5, 5.41) is 0. The van der Waals surface area contributed by atoms with Gasteiger partial charge >= 0.3 is 0 Å². The maximum Gasteiger partial charge on any atom is 0.109 e. The zero-order chi connectivity index (χ0) is 8.36. The Morgan fingerprint density at radius 3 is 1.80 bits per heavy atom. The van der Waals surface area contributed by atoms with Gasteiger partial charge in [0.25, 0.3) is 0 Å². The van der Waals surface area contributed by atoms with Gasteiger partial charge in [-0.25, -0.2) is 0 Å². The average Bonchev–Trinajstić information content (AvgIpc) is 1.60. The van der Waals surface area contributed by atoms with Crippen LogP contribution in [-0.4, -0.2) is 10.9 Å². The van der Waals surface area contributed by atoms with Crippen LogP contribution in [0.25, 0.3) is 0 Å². The van der Waals surface area contributed by atoms with Gasteiger partial charge < -0.3 is 5.73 Å². The van der Waals surface area contributed by atoms with E-state index in [4.69, 9.17) is 28.9 Å². The zero-order valence-electron chi connectivity index (χ0n) is 6.70. The highest BCUT2D eigenvalue weighted by Gasteiger charge is 2.22. The van der Waals surface area contributed by atoms with E-state index in [1.165, 1.54) is 0 Å². The van der Waals surface area contributed by atoms with Crippen molar-refractivity contribution in [3.8, 4) is 0 Å². The van der Waals surface area contributed by atoms with Crippen molar-refractivity contribution in [1.29, 1.82) is 0 Å². The molecule has 3 heteroatoms. The second kappa shape index (κ2) is 3.80. The number of rotatable bonds is 2. The fourth-order valence-electron chi connectivity index (χ4n) is 0.546. The van der Waals surface area contributed by atoms with Gasteiger partial charge in [-0.1, -0.05) is 20.8 Å². The lowest BCUT2D eigenvalue weighted by molar-refractivity contribution is 0.311. The first-order valence-corrected chi connectivity index (χ1v) is 4.25. The van der Waals surface area contributed by atoms with Gasteiger partial charge in [-0.2, -0.15) is 0 Å². The van der Waals surface area contributed by atoms with E-state index in [9.17, 15) is 0 Å². The molecule has 0 radical (unpaired) electrons. The van der Waals surface area contributed by atoms with Gasteiger partial charge in [0, 0.05) is 6.04 Å². The van der Waals surface area contributed by atoms with Gasteiger partial charge in [-0.3, -0.25) is 0 Å². The molecule has 0 spiro atoms. The minimum absolute atomic E-state index is 0.0764. The lowest BCUT2D eigenvalue weighted by Crippen LogP contribution is -2.36. The molecule has 0 rings (SSSR count). The van der Waals surface area contributed by atoms with E-state index in [0.29, 0.717) is 6.42 Å². The van der Waals surface area contributed by atoms with Crippen molar-refractivity contribution in [2.24, 2.45) is 11.1 Å². The summed E-state index contributed by atoms with van der Waals surface area (Å²) in [4.78, 5) is -0.339. The van der Waals surface area contributed by atoms with Crippen molar-refractivity contribution in [1.82, 2.24) is 0 Å². The predicted molar refractivity (Wildman–Crippen MR) is 47.5 cm³/mol. The van der Waals surface area contributed by atoms with Gasteiger partial charge in [-0.15, -0.1) is 23.2 Å². The highest BCUT2D eigenvalue weighted by Crippen LogP contribution is 2.23. The molecule has 2 N–H and O–H groups in total. The lowest BCUT2D eigenvalue weighted by Gasteiger charge is -2.27. The summed E-state index contributed by atoms with van der Waals surface area (Å²) in [5.41, 5.74) is 5.88. The van der Waals surface area contributed by atoms with Crippen LogP contribution < -0.4 is 5.73 Å². The van der Waals surface area contributed by atoms with Crippen LogP contribution in [0.4, 0.5) is 0 Å². The smallest absolute Gasteiger partial charge is 0.109 e. The molecule has 0 aliphatic carbocycles. The maximum absolute atomic E-state index is 5.78. The maximum atomic E-state index is 5.78. The molecular formula is C7H15Cl2N. The van der Waals surface area contributed by atoms with Crippen LogP contribution in [0.5, 0.6) is 0 Å². The molecule has 10 heavy (non-hydrogen) atoms. The molecule has 62 valence electrons. The quantitative estimate of drug-likeness (QED) is 0.655. The molecule has 0 heterocycles. The van der Waals surface area contributed by atoms with Crippen molar-refractivity contribution >= 4 is 23.2 Å². The molecule has 0 aromatic heterocycles. The summed E-state index contributed by atoms with van der Waals surface area (Å²) >= 11 is 11.1. The number of halogens is 2. The number of nitrogens with two attached hydrogens (primary N) is 1. The molecule has 0 fully saturated rings. The van der Waals surface area contributed by atoms with Gasteiger partial charge in [0.15, 0.2) is 0 Å². The minimum Gasteiger partial charge on any atom is -0.327 e. The van der Waals surface area contributed by atoms with Crippen LogP contribution >= 0.6 is 23.2 Å². The van der Waals surface area contributed by atoms with Gasteiger partial charge in [0.05, 0.1) is 0 Å². The van der Waals surface area contributed by atoms with E-state index in [1.54, 1.807) is 0 Å². The highest BCUT2D eigenvalue weighted by atomic mass is 35.5. The molecule has 0 aromatic rings. The third-order valence-electron chi connectivity index (χ3n) is 1.54. The molecule has 0 saturated carbocycles. The molecule has 0 saturated heterocycles. The van der Waals surface area contributed by atoms with E-state index in [0.717, 1.165) is 0 Å². The second-order valence-corrected chi connectivity index (χ2v) is 4.88. The minimum atomic E-state index is -0.339. The molecule has 1 unspecified atom stereocenters. The summed E-state index contributed by atoms with van der Waals surface area (Å²) in [6.45, 7) is 6.23. The number of hydrogen-bond acceptors (Lipinski definition) is 1. The predicted octanol–water partition coefficient (Wildman–Crippen LogP) is 2.55. The molecule has 0 aromatic carbocycles. The van der Waals surface area contributed by atoms with Gasteiger partial charge in [0.1, 0.15) is 4.84 Å². The number of alkyl halides is 2. The first-order valence-electron chi connectivity index (χ1n) is 3.37. The molecule has 0 aliphatic rings. The van der Waals surface area contributed by atoms with E-state index < -0.39 is 0 Å². The molecule has 0 amide bonds. The lowest BCUT2D eigenvalue weighted by atomic mass is 9.86. The molecular weight excluding hydrogens is 169 g/mol. The van der Waals surface area contributed by atoms with Crippen LogP contribution in [0.2, 0.25) is 0 Å². The van der Waals surface area contributed by atoms with E-state index in [1.807, 2.05) is 0 Å². The topological polar surface area (TPSA) is 26.0 Å². The summed E-state index contributed by atoms with van der Waals surface area (Å²) in [7, 11) is 0. The average molecular weight is 184 g/mol. The largest absolute Gasteiger partial charge is 0.327 e. The number of hydrogen-bond donors (Lipinski definition) is 1. The Balaban J connectivity index is 3.73. The first-order chi connectivity index (χ1) is 4.34. The Hall–Kier alpha value is 0.540. The van der Waals surface area contributed by atoms with Crippen molar-refractivity contribution in [3.05, 3.63) is 0 Å². The fraction of sp³-hybridized carbons (Fsp3) is 1.00. The van der Waals surface area contributed by atoms with Crippen molar-refractivity contribution in [2.45, 2.75) is 38.1 Å². The zero-order valence-corrected chi connectivity index (χ0v) is 8.21. The standard InChI is InChI=1S/C7H15Cl2N/c1-7(2,3)5(10)4-6(8)9/h5-6H,4,10H2,1-3H3. The van der Waals surface area contributed by atoms with Crippen LogP contribution in [0.3, 0.4) is 0 Å². The molecule has 0 bridgehead atoms. The Bertz CT molecular complexity index is 96.3. The molecule has 1 atom stereocenters. The Morgan fingerprint density at radius 2 is 1.70 bits per heavy atom. The van der Waals surface area contributed by atoms with Crippen molar-refractivity contribution < 1.29 is 0 Å². The van der Waals surface area contributed by atoms with E-state index in [2.05, 4.69) is 20.8 Å². The first kappa shape index (κ1) is 10.5. The SMILES string of the molecule is CC(C)(C)C(N)CC(Cl)Cl. The highest BCUT2D eigenvalue weighted by molar-refractivity contribution is 6.44.